The number of hydrogen-bond donors (Lipinski definition) is 1. The first kappa shape index (κ1) is 14.1. The third-order valence-corrected chi connectivity index (χ3v) is 4.75. The summed E-state index contributed by atoms with van der Waals surface area (Å²) in [6.07, 6.45) is 0.207. The van der Waals surface area contributed by atoms with Crippen LogP contribution in [0.25, 0.3) is 11.1 Å². The summed E-state index contributed by atoms with van der Waals surface area (Å²) >= 11 is 1.55. The number of benzene rings is 1. The predicted octanol–water partition coefficient (Wildman–Crippen LogP) is 3.32. The van der Waals surface area contributed by atoms with Crippen molar-refractivity contribution < 1.29 is 9.52 Å². The molecule has 110 valence electrons. The molecule has 0 aliphatic heterocycles. The van der Waals surface area contributed by atoms with Gasteiger partial charge in [0, 0.05) is 11.4 Å². The van der Waals surface area contributed by atoms with Crippen LogP contribution in [-0.2, 0) is 13.0 Å². The number of rotatable bonds is 4. The number of fused-ring (bicyclic) bond motifs is 1. The Kier molecular flexibility index (Phi) is 3.69. The van der Waals surface area contributed by atoms with Gasteiger partial charge in [0.2, 0.25) is 0 Å². The highest BCUT2D eigenvalue weighted by Crippen LogP contribution is 2.31. The summed E-state index contributed by atoms with van der Waals surface area (Å²) in [5, 5.41) is 12.6. The number of hydrogen-bond acceptors (Lipinski definition) is 4. The van der Waals surface area contributed by atoms with Crippen molar-refractivity contribution in [2.45, 2.75) is 32.9 Å². The zero-order valence-corrected chi connectivity index (χ0v) is 12.8. The van der Waals surface area contributed by atoms with E-state index in [1.54, 1.807) is 22.0 Å². The van der Waals surface area contributed by atoms with Crippen LogP contribution < -0.4 is 5.76 Å². The minimum Gasteiger partial charge on any atom is -0.408 e. The first-order valence-electron chi connectivity index (χ1n) is 7.03. The van der Waals surface area contributed by atoms with Crippen LogP contribution in [0.2, 0.25) is 0 Å². The average Bonchev–Trinajstić information content (AvgIpc) is 3.08. The molecule has 21 heavy (non-hydrogen) atoms. The van der Waals surface area contributed by atoms with Crippen molar-refractivity contribution in [3.05, 3.63) is 56.2 Å². The lowest BCUT2D eigenvalue weighted by atomic mass is 10.0. The van der Waals surface area contributed by atoms with E-state index in [1.807, 2.05) is 30.5 Å². The molecule has 4 nitrogen and oxygen atoms in total. The Balaban J connectivity index is 2.07. The molecule has 5 heteroatoms. The Labute approximate surface area is 126 Å². The predicted molar refractivity (Wildman–Crippen MR) is 83.9 cm³/mol. The molecule has 0 spiro atoms. The lowest BCUT2D eigenvalue weighted by molar-refractivity contribution is 0.223. The van der Waals surface area contributed by atoms with Gasteiger partial charge in [0.15, 0.2) is 5.58 Å². The molecule has 0 aliphatic carbocycles. The Morgan fingerprint density at radius 3 is 2.86 bits per heavy atom. The summed E-state index contributed by atoms with van der Waals surface area (Å²) < 4.78 is 6.83. The fourth-order valence-electron chi connectivity index (χ4n) is 2.58. The van der Waals surface area contributed by atoms with Crippen LogP contribution >= 0.6 is 11.3 Å². The smallest absolute Gasteiger partial charge is 0.408 e. The Bertz CT molecular complexity index is 828. The van der Waals surface area contributed by atoms with E-state index >= 15 is 0 Å². The van der Waals surface area contributed by atoms with Gasteiger partial charge in [0.25, 0.3) is 0 Å². The van der Waals surface area contributed by atoms with E-state index < -0.39 is 6.10 Å². The zero-order chi connectivity index (χ0) is 15.0. The van der Waals surface area contributed by atoms with Gasteiger partial charge < -0.3 is 9.52 Å². The molecule has 1 unspecified atom stereocenters. The summed E-state index contributed by atoms with van der Waals surface area (Å²) in [7, 11) is 0. The second-order valence-corrected chi connectivity index (χ2v) is 5.85. The van der Waals surface area contributed by atoms with E-state index in [2.05, 4.69) is 6.92 Å². The Morgan fingerprint density at radius 1 is 1.33 bits per heavy atom. The van der Waals surface area contributed by atoms with Crippen LogP contribution in [0.3, 0.4) is 0 Å². The van der Waals surface area contributed by atoms with Crippen molar-refractivity contribution in [3.63, 3.8) is 0 Å². The van der Waals surface area contributed by atoms with Crippen molar-refractivity contribution in [2.75, 3.05) is 0 Å². The minimum absolute atomic E-state index is 0.357. The van der Waals surface area contributed by atoms with Gasteiger partial charge in [-0.2, -0.15) is 0 Å². The van der Waals surface area contributed by atoms with Gasteiger partial charge in [-0.25, -0.2) is 4.79 Å². The maximum Gasteiger partial charge on any atom is 0.419 e. The molecule has 0 saturated heterocycles. The fourth-order valence-corrected chi connectivity index (χ4v) is 3.59. The van der Waals surface area contributed by atoms with Gasteiger partial charge in [0.1, 0.15) is 6.10 Å². The number of aromatic nitrogens is 1. The molecule has 0 amide bonds. The van der Waals surface area contributed by atoms with E-state index in [-0.39, 0.29) is 5.76 Å². The standard InChI is InChI=1S/C16H17NO3S/c1-3-10-7-8-21-15(10)14(18)11-5-6-12-13(9-11)20-16(19)17(12)4-2/h5-9,14,18H,3-4H2,1-2H3. The molecule has 0 aliphatic rings. The number of aryl methyl sites for hydroxylation is 2. The highest BCUT2D eigenvalue weighted by molar-refractivity contribution is 7.10. The molecule has 1 N–H and O–H groups in total. The Hall–Kier alpha value is -1.85. The molecule has 0 saturated carbocycles. The maximum absolute atomic E-state index is 11.7. The monoisotopic (exact) mass is 303 g/mol. The fraction of sp³-hybridized carbons (Fsp3) is 0.312. The lowest BCUT2D eigenvalue weighted by Gasteiger charge is -2.11. The van der Waals surface area contributed by atoms with Gasteiger partial charge >= 0.3 is 5.76 Å². The molecule has 2 aromatic heterocycles. The molecule has 3 aromatic rings. The van der Waals surface area contributed by atoms with Gasteiger partial charge in [-0.1, -0.05) is 13.0 Å². The summed E-state index contributed by atoms with van der Waals surface area (Å²) in [6.45, 7) is 4.54. The molecule has 3 rings (SSSR count). The summed E-state index contributed by atoms with van der Waals surface area (Å²) in [6, 6.07) is 7.48. The Morgan fingerprint density at radius 2 is 2.14 bits per heavy atom. The number of aliphatic hydroxyl groups excluding tert-OH is 1. The summed E-state index contributed by atoms with van der Waals surface area (Å²) in [5.74, 6) is -0.357. The van der Waals surface area contributed by atoms with Gasteiger partial charge in [-0.05, 0) is 48.1 Å². The normalized spacial score (nSPS) is 12.9. The number of aliphatic hydroxyl groups is 1. The van der Waals surface area contributed by atoms with Crippen molar-refractivity contribution in [2.24, 2.45) is 0 Å². The van der Waals surface area contributed by atoms with E-state index in [1.165, 1.54) is 0 Å². The molecule has 2 heterocycles. The second-order valence-electron chi connectivity index (χ2n) is 4.91. The quantitative estimate of drug-likeness (QED) is 0.804. The maximum atomic E-state index is 11.7. The molecule has 1 atom stereocenters. The van der Waals surface area contributed by atoms with Crippen LogP contribution in [-0.4, -0.2) is 9.67 Å². The zero-order valence-electron chi connectivity index (χ0n) is 12.0. The molecular formula is C16H17NO3S. The van der Waals surface area contributed by atoms with E-state index in [0.717, 1.165) is 27.9 Å². The van der Waals surface area contributed by atoms with Crippen molar-refractivity contribution >= 4 is 22.4 Å². The van der Waals surface area contributed by atoms with Crippen molar-refractivity contribution in [1.29, 1.82) is 0 Å². The first-order chi connectivity index (χ1) is 10.2. The van der Waals surface area contributed by atoms with Crippen LogP contribution in [0, 0.1) is 0 Å². The highest BCUT2D eigenvalue weighted by Gasteiger charge is 2.17. The third kappa shape index (κ3) is 2.32. The van der Waals surface area contributed by atoms with Gasteiger partial charge in [-0.3, -0.25) is 4.57 Å². The lowest BCUT2D eigenvalue weighted by Crippen LogP contribution is -2.11. The molecule has 0 fully saturated rings. The highest BCUT2D eigenvalue weighted by atomic mass is 32.1. The van der Waals surface area contributed by atoms with Crippen molar-refractivity contribution in [1.82, 2.24) is 4.57 Å². The summed E-state index contributed by atoms with van der Waals surface area (Å²) in [5.41, 5.74) is 3.19. The second kappa shape index (κ2) is 5.50. The van der Waals surface area contributed by atoms with Gasteiger partial charge in [-0.15, -0.1) is 11.3 Å². The van der Waals surface area contributed by atoms with E-state index in [0.29, 0.717) is 12.1 Å². The SMILES string of the molecule is CCc1ccsc1C(O)c1ccc2c(c1)oc(=O)n2CC. The first-order valence-corrected chi connectivity index (χ1v) is 7.91. The molecular weight excluding hydrogens is 286 g/mol. The number of nitrogens with zero attached hydrogens (tertiary/aromatic N) is 1. The van der Waals surface area contributed by atoms with Crippen LogP contribution in [0.5, 0.6) is 0 Å². The average molecular weight is 303 g/mol. The van der Waals surface area contributed by atoms with Gasteiger partial charge in [0.05, 0.1) is 5.52 Å². The largest absolute Gasteiger partial charge is 0.419 e. The summed E-state index contributed by atoms with van der Waals surface area (Å²) in [4.78, 5) is 12.7. The van der Waals surface area contributed by atoms with Crippen LogP contribution in [0.15, 0.2) is 38.9 Å². The molecule has 0 radical (unpaired) electrons. The number of thiophene rings is 1. The van der Waals surface area contributed by atoms with Crippen molar-refractivity contribution in [3.8, 4) is 0 Å². The molecule has 1 aromatic carbocycles. The van der Waals surface area contributed by atoms with E-state index in [4.69, 9.17) is 4.42 Å². The van der Waals surface area contributed by atoms with Crippen LogP contribution in [0.4, 0.5) is 0 Å². The number of oxazole rings is 1. The van der Waals surface area contributed by atoms with Crippen LogP contribution in [0.1, 0.15) is 36.0 Å². The van der Waals surface area contributed by atoms with E-state index in [9.17, 15) is 9.90 Å². The third-order valence-electron chi connectivity index (χ3n) is 3.73. The topological polar surface area (TPSA) is 55.4 Å². The molecule has 0 bridgehead atoms. The minimum atomic E-state index is -0.681.